The molecule has 2 heterocycles. The third-order valence-corrected chi connectivity index (χ3v) is 4.57. The van der Waals surface area contributed by atoms with Gasteiger partial charge in [0.2, 0.25) is 0 Å². The van der Waals surface area contributed by atoms with Crippen LogP contribution < -0.4 is 18.9 Å². The zero-order valence-corrected chi connectivity index (χ0v) is 15.5. The first kappa shape index (κ1) is 17.5. The highest BCUT2D eigenvalue weighted by Gasteiger charge is 2.21. The Hall–Kier alpha value is -2.95. The highest BCUT2D eigenvalue weighted by molar-refractivity contribution is 6.07. The zero-order valence-electron chi connectivity index (χ0n) is 15.5. The number of allylic oxidation sites excluding steroid dienone is 1. The van der Waals surface area contributed by atoms with Gasteiger partial charge >= 0.3 is 0 Å². The van der Waals surface area contributed by atoms with Gasteiger partial charge in [0.1, 0.15) is 30.8 Å². The van der Waals surface area contributed by atoms with E-state index in [1.165, 1.54) is 0 Å². The summed E-state index contributed by atoms with van der Waals surface area (Å²) in [4.78, 5) is 12.6. The molecule has 0 N–H and O–H groups in total. The second-order valence-electron chi connectivity index (χ2n) is 6.62. The minimum absolute atomic E-state index is 0.107. The molecule has 0 saturated carbocycles. The molecule has 5 nitrogen and oxygen atoms in total. The van der Waals surface area contributed by atoms with Gasteiger partial charge in [0, 0.05) is 23.1 Å². The number of ketones is 1. The van der Waals surface area contributed by atoms with Crippen molar-refractivity contribution < 1.29 is 23.7 Å². The molecule has 0 unspecified atom stereocenters. The van der Waals surface area contributed by atoms with Crippen molar-refractivity contribution in [2.24, 2.45) is 0 Å². The molecular weight excluding hydrogens is 344 g/mol. The van der Waals surface area contributed by atoms with Gasteiger partial charge in [0.05, 0.1) is 6.61 Å². The number of benzene rings is 2. The van der Waals surface area contributed by atoms with Gasteiger partial charge in [-0.05, 0) is 56.3 Å². The molecule has 0 spiro atoms. The van der Waals surface area contributed by atoms with E-state index in [0.29, 0.717) is 36.9 Å². The number of rotatable bonds is 5. The number of hydrogen-bond donors (Lipinski definition) is 0. The van der Waals surface area contributed by atoms with Crippen LogP contribution in [0.2, 0.25) is 0 Å². The number of carbonyl (C=O) groups is 1. The van der Waals surface area contributed by atoms with Crippen molar-refractivity contribution in [3.05, 3.63) is 53.1 Å². The van der Waals surface area contributed by atoms with Crippen LogP contribution >= 0.6 is 0 Å². The third-order valence-electron chi connectivity index (χ3n) is 4.57. The van der Waals surface area contributed by atoms with E-state index in [4.69, 9.17) is 18.9 Å². The fourth-order valence-corrected chi connectivity index (χ4v) is 3.32. The van der Waals surface area contributed by atoms with Gasteiger partial charge in [-0.1, -0.05) is 0 Å². The predicted molar refractivity (Wildman–Crippen MR) is 102 cm³/mol. The molecule has 0 bridgehead atoms. The standard InChI is InChI=1S/C22H22O5/c1-3-24-20-13-17-10-14(2)27-21(17)12-16(20)4-6-18(23)15-5-7-19-22(11-15)26-9-8-25-19/h4-7,11-14H,3,8-10H2,1-2H3/b6-4+/t14-/m1/s1. The van der Waals surface area contributed by atoms with E-state index >= 15 is 0 Å². The first-order valence-corrected chi connectivity index (χ1v) is 9.22. The van der Waals surface area contributed by atoms with Crippen LogP contribution in [0.25, 0.3) is 6.08 Å². The highest BCUT2D eigenvalue weighted by Crippen LogP contribution is 2.36. The lowest BCUT2D eigenvalue weighted by Crippen LogP contribution is -2.15. The van der Waals surface area contributed by atoms with Crippen LogP contribution in [0, 0.1) is 0 Å². The Morgan fingerprint density at radius 1 is 1.15 bits per heavy atom. The second-order valence-corrected chi connectivity index (χ2v) is 6.62. The molecule has 4 rings (SSSR count). The lowest BCUT2D eigenvalue weighted by molar-refractivity contribution is 0.104. The van der Waals surface area contributed by atoms with Crippen molar-refractivity contribution in [3.63, 3.8) is 0 Å². The molecule has 0 fully saturated rings. The summed E-state index contributed by atoms with van der Waals surface area (Å²) in [7, 11) is 0. The minimum atomic E-state index is -0.107. The molecule has 2 aliphatic rings. The van der Waals surface area contributed by atoms with Gasteiger partial charge in [-0.2, -0.15) is 0 Å². The van der Waals surface area contributed by atoms with Crippen molar-refractivity contribution in [2.75, 3.05) is 19.8 Å². The van der Waals surface area contributed by atoms with Crippen LogP contribution in [0.1, 0.15) is 35.3 Å². The Balaban J connectivity index is 1.59. The quantitative estimate of drug-likeness (QED) is 0.590. The van der Waals surface area contributed by atoms with Gasteiger partial charge in [-0.25, -0.2) is 0 Å². The van der Waals surface area contributed by atoms with Crippen LogP contribution in [0.4, 0.5) is 0 Å². The van der Waals surface area contributed by atoms with Crippen LogP contribution in [0.15, 0.2) is 36.4 Å². The van der Waals surface area contributed by atoms with E-state index in [2.05, 4.69) is 0 Å². The lowest BCUT2D eigenvalue weighted by atomic mass is 10.0. The molecular formula is C22H22O5. The fourth-order valence-electron chi connectivity index (χ4n) is 3.32. The molecule has 0 amide bonds. The number of carbonyl (C=O) groups excluding carboxylic acids is 1. The molecule has 1 atom stereocenters. The Labute approximate surface area is 158 Å². The smallest absolute Gasteiger partial charge is 0.185 e. The van der Waals surface area contributed by atoms with Crippen LogP contribution in [-0.4, -0.2) is 31.7 Å². The van der Waals surface area contributed by atoms with Crippen molar-refractivity contribution in [3.8, 4) is 23.0 Å². The maximum absolute atomic E-state index is 12.6. The van der Waals surface area contributed by atoms with Crippen molar-refractivity contribution >= 4 is 11.9 Å². The number of ether oxygens (including phenoxy) is 4. The molecule has 2 aromatic carbocycles. The summed E-state index contributed by atoms with van der Waals surface area (Å²) in [6.45, 7) is 5.57. The molecule has 0 aliphatic carbocycles. The first-order valence-electron chi connectivity index (χ1n) is 9.22. The Kier molecular flexibility index (Phi) is 4.75. The van der Waals surface area contributed by atoms with E-state index in [0.717, 1.165) is 29.0 Å². The Morgan fingerprint density at radius 3 is 2.78 bits per heavy atom. The average molecular weight is 366 g/mol. The van der Waals surface area contributed by atoms with E-state index in [1.807, 2.05) is 26.0 Å². The average Bonchev–Trinajstić information content (AvgIpc) is 3.04. The minimum Gasteiger partial charge on any atom is -0.493 e. The fraction of sp³-hybridized carbons (Fsp3) is 0.318. The van der Waals surface area contributed by atoms with E-state index in [9.17, 15) is 4.79 Å². The Bertz CT molecular complexity index is 900. The van der Waals surface area contributed by atoms with Crippen molar-refractivity contribution in [1.82, 2.24) is 0 Å². The van der Waals surface area contributed by atoms with Gasteiger partial charge in [0.15, 0.2) is 17.3 Å². The monoisotopic (exact) mass is 366 g/mol. The molecule has 5 heteroatoms. The van der Waals surface area contributed by atoms with Crippen LogP contribution in [0.3, 0.4) is 0 Å². The van der Waals surface area contributed by atoms with Crippen LogP contribution in [-0.2, 0) is 6.42 Å². The van der Waals surface area contributed by atoms with E-state index in [-0.39, 0.29) is 11.9 Å². The summed E-state index contributed by atoms with van der Waals surface area (Å²) in [6, 6.07) is 9.19. The van der Waals surface area contributed by atoms with Crippen LogP contribution in [0.5, 0.6) is 23.0 Å². The second kappa shape index (κ2) is 7.35. The maximum atomic E-state index is 12.6. The predicted octanol–water partition coefficient (Wildman–Crippen LogP) is 4.08. The molecule has 140 valence electrons. The lowest BCUT2D eigenvalue weighted by Gasteiger charge is -2.18. The first-order chi connectivity index (χ1) is 13.1. The maximum Gasteiger partial charge on any atom is 0.185 e. The molecule has 0 saturated heterocycles. The summed E-state index contributed by atoms with van der Waals surface area (Å²) < 4.78 is 22.6. The van der Waals surface area contributed by atoms with Crippen molar-refractivity contribution in [1.29, 1.82) is 0 Å². The zero-order chi connectivity index (χ0) is 18.8. The molecule has 0 radical (unpaired) electrons. The number of hydrogen-bond acceptors (Lipinski definition) is 5. The van der Waals surface area contributed by atoms with E-state index < -0.39 is 0 Å². The van der Waals surface area contributed by atoms with Crippen molar-refractivity contribution in [2.45, 2.75) is 26.4 Å². The highest BCUT2D eigenvalue weighted by atomic mass is 16.6. The summed E-state index contributed by atoms with van der Waals surface area (Å²) >= 11 is 0. The summed E-state index contributed by atoms with van der Waals surface area (Å²) in [5.41, 5.74) is 2.52. The van der Waals surface area contributed by atoms with Gasteiger partial charge < -0.3 is 18.9 Å². The summed E-state index contributed by atoms with van der Waals surface area (Å²) in [6.07, 6.45) is 4.36. The normalized spacial score (nSPS) is 17.5. The van der Waals surface area contributed by atoms with Gasteiger partial charge in [0.25, 0.3) is 0 Å². The molecule has 2 aromatic rings. The van der Waals surface area contributed by atoms with E-state index in [1.54, 1.807) is 30.4 Å². The largest absolute Gasteiger partial charge is 0.493 e. The van der Waals surface area contributed by atoms with Gasteiger partial charge in [-0.15, -0.1) is 0 Å². The SMILES string of the molecule is CCOc1cc2c(cc1/C=C/C(=O)c1ccc3c(c1)OCCO3)O[C@H](C)C2. The molecule has 0 aromatic heterocycles. The molecule has 2 aliphatic heterocycles. The molecule has 27 heavy (non-hydrogen) atoms. The summed E-state index contributed by atoms with van der Waals surface area (Å²) in [5, 5.41) is 0. The summed E-state index contributed by atoms with van der Waals surface area (Å²) in [5.74, 6) is 2.79. The third kappa shape index (κ3) is 3.63. The topological polar surface area (TPSA) is 54.0 Å². The van der Waals surface area contributed by atoms with Gasteiger partial charge in [-0.3, -0.25) is 4.79 Å². The Morgan fingerprint density at radius 2 is 1.96 bits per heavy atom. The number of fused-ring (bicyclic) bond motifs is 2.